The average Bonchev–Trinajstić information content (AvgIpc) is 2.45. The van der Waals surface area contributed by atoms with Crippen LogP contribution >= 0.6 is 23.4 Å². The second-order valence-corrected chi connectivity index (χ2v) is 5.41. The van der Waals surface area contributed by atoms with E-state index in [4.69, 9.17) is 22.5 Å². The normalized spacial score (nSPS) is 11.6. The number of nitrogens with two attached hydrogens (primary N) is 1. The zero-order valence-electron chi connectivity index (χ0n) is 10.7. The van der Waals surface area contributed by atoms with Crippen LogP contribution in [0.2, 0.25) is 5.02 Å². The predicted octanol–water partition coefficient (Wildman–Crippen LogP) is 2.83. The molecule has 1 aromatic heterocycles. The molecule has 3 N–H and O–H groups in total. The molecule has 0 radical (unpaired) electrons. The molecule has 0 aliphatic carbocycles. The highest BCUT2D eigenvalue weighted by Gasteiger charge is 2.07. The van der Waals surface area contributed by atoms with Gasteiger partial charge in [-0.2, -0.15) is 0 Å². The number of benzene rings is 1. The topological polar surface area (TPSA) is 84.4 Å². The number of nitrogens with zero attached hydrogens (tertiary/aromatic N) is 3. The van der Waals surface area contributed by atoms with Crippen molar-refractivity contribution in [2.75, 3.05) is 0 Å². The fraction of sp³-hybridized carbons (Fsp3) is 0.154. The van der Waals surface area contributed by atoms with Crippen LogP contribution in [0.15, 0.2) is 40.8 Å². The maximum absolute atomic E-state index is 8.63. The molecule has 0 spiro atoms. The summed E-state index contributed by atoms with van der Waals surface area (Å²) < 4.78 is 0. The smallest absolute Gasteiger partial charge is 0.188 e. The minimum absolute atomic E-state index is 0.0353. The van der Waals surface area contributed by atoms with Crippen molar-refractivity contribution in [2.24, 2.45) is 10.9 Å². The van der Waals surface area contributed by atoms with Gasteiger partial charge in [0.25, 0.3) is 0 Å². The molecular weight excluding hydrogens is 296 g/mol. The summed E-state index contributed by atoms with van der Waals surface area (Å²) in [4.78, 5) is 8.49. The molecule has 7 heteroatoms. The molecule has 5 nitrogen and oxygen atoms in total. The van der Waals surface area contributed by atoms with Gasteiger partial charge in [0.2, 0.25) is 0 Å². The first-order valence-corrected chi connectivity index (χ1v) is 7.15. The molecule has 1 aromatic carbocycles. The maximum atomic E-state index is 8.63. The van der Waals surface area contributed by atoms with Crippen LogP contribution in [0.5, 0.6) is 0 Å². The lowest BCUT2D eigenvalue weighted by atomic mass is 10.1. The van der Waals surface area contributed by atoms with Gasteiger partial charge < -0.3 is 10.9 Å². The lowest BCUT2D eigenvalue weighted by Crippen LogP contribution is -2.13. The molecule has 104 valence electrons. The predicted molar refractivity (Wildman–Crippen MR) is 80.3 cm³/mol. The summed E-state index contributed by atoms with van der Waals surface area (Å²) in [6.07, 6.45) is 1.73. The van der Waals surface area contributed by atoms with Crippen molar-refractivity contribution in [2.45, 2.75) is 17.8 Å². The zero-order chi connectivity index (χ0) is 14.5. The lowest BCUT2D eigenvalue weighted by Gasteiger charge is -2.06. The van der Waals surface area contributed by atoms with E-state index in [2.05, 4.69) is 15.1 Å². The Morgan fingerprint density at radius 2 is 2.25 bits per heavy atom. The van der Waals surface area contributed by atoms with Gasteiger partial charge in [0.05, 0.1) is 0 Å². The van der Waals surface area contributed by atoms with E-state index in [9.17, 15) is 0 Å². The van der Waals surface area contributed by atoms with Gasteiger partial charge in [0, 0.05) is 28.2 Å². The quantitative estimate of drug-likeness (QED) is 0.226. The first kappa shape index (κ1) is 14.6. The van der Waals surface area contributed by atoms with E-state index < -0.39 is 0 Å². The van der Waals surface area contributed by atoms with Crippen molar-refractivity contribution in [3.63, 3.8) is 0 Å². The highest BCUT2D eigenvalue weighted by Crippen LogP contribution is 2.25. The summed E-state index contributed by atoms with van der Waals surface area (Å²) in [5, 5.41) is 12.8. The van der Waals surface area contributed by atoms with Gasteiger partial charge in [-0.25, -0.2) is 9.97 Å². The second-order valence-electron chi connectivity index (χ2n) is 4.06. The Morgan fingerprint density at radius 1 is 1.45 bits per heavy atom. The maximum Gasteiger partial charge on any atom is 0.188 e. The number of hydrogen-bond acceptors (Lipinski definition) is 5. The molecule has 0 aliphatic rings. The first-order valence-electron chi connectivity index (χ1n) is 5.79. The molecule has 0 saturated heterocycles. The van der Waals surface area contributed by atoms with E-state index in [1.54, 1.807) is 18.3 Å². The van der Waals surface area contributed by atoms with E-state index >= 15 is 0 Å². The Morgan fingerprint density at radius 3 is 2.90 bits per heavy atom. The monoisotopic (exact) mass is 308 g/mol. The Bertz CT molecular complexity index is 648. The molecule has 0 aliphatic heterocycles. The van der Waals surface area contributed by atoms with E-state index in [1.165, 1.54) is 11.8 Å². The van der Waals surface area contributed by atoms with Gasteiger partial charge in [-0.05, 0) is 24.6 Å². The third-order valence-corrected chi connectivity index (χ3v) is 3.85. The summed E-state index contributed by atoms with van der Waals surface area (Å²) in [6.45, 7) is 1.92. The number of oxime groups is 1. The van der Waals surface area contributed by atoms with E-state index in [0.717, 1.165) is 11.3 Å². The van der Waals surface area contributed by atoms with E-state index in [0.29, 0.717) is 21.5 Å². The average molecular weight is 309 g/mol. The first-order chi connectivity index (χ1) is 9.60. The number of aryl methyl sites for hydroxylation is 1. The molecule has 0 unspecified atom stereocenters. The summed E-state index contributed by atoms with van der Waals surface area (Å²) >= 11 is 7.69. The molecule has 2 rings (SSSR count). The molecule has 2 aromatic rings. The van der Waals surface area contributed by atoms with Gasteiger partial charge in [0.1, 0.15) is 0 Å². The Kier molecular flexibility index (Phi) is 4.81. The number of halogens is 1. The van der Waals surface area contributed by atoms with Crippen LogP contribution in [0.3, 0.4) is 0 Å². The molecule has 1 heterocycles. The van der Waals surface area contributed by atoms with Gasteiger partial charge in [-0.3, -0.25) is 0 Å². The van der Waals surface area contributed by atoms with Crippen LogP contribution < -0.4 is 5.73 Å². The van der Waals surface area contributed by atoms with Gasteiger partial charge in [0.15, 0.2) is 11.0 Å². The molecule has 0 atom stereocenters. The minimum atomic E-state index is 0.0353. The van der Waals surface area contributed by atoms with Crippen LogP contribution in [0.25, 0.3) is 0 Å². The van der Waals surface area contributed by atoms with Crippen molar-refractivity contribution in [3.8, 4) is 0 Å². The molecule has 0 amide bonds. The van der Waals surface area contributed by atoms with Crippen molar-refractivity contribution in [1.29, 1.82) is 0 Å². The van der Waals surface area contributed by atoms with Crippen molar-refractivity contribution in [1.82, 2.24) is 9.97 Å². The summed E-state index contributed by atoms with van der Waals surface area (Å²) in [7, 11) is 0. The highest BCUT2D eigenvalue weighted by molar-refractivity contribution is 7.98. The minimum Gasteiger partial charge on any atom is -0.409 e. The fourth-order valence-electron chi connectivity index (χ4n) is 1.52. The molecule has 0 saturated carbocycles. The molecular formula is C13H13ClN4OS. The largest absolute Gasteiger partial charge is 0.409 e. The van der Waals surface area contributed by atoms with Crippen LogP contribution in [-0.4, -0.2) is 21.0 Å². The summed E-state index contributed by atoms with van der Waals surface area (Å²) in [5.41, 5.74) is 7.96. The Labute approximate surface area is 125 Å². The van der Waals surface area contributed by atoms with Crippen molar-refractivity contribution in [3.05, 3.63) is 52.3 Å². The van der Waals surface area contributed by atoms with Crippen LogP contribution in [0.4, 0.5) is 0 Å². The molecule has 0 bridgehead atoms. The number of rotatable bonds is 4. The Hall–Kier alpha value is -1.79. The number of thioether (sulfide) groups is 1. The van der Waals surface area contributed by atoms with Gasteiger partial charge >= 0.3 is 0 Å². The van der Waals surface area contributed by atoms with Crippen molar-refractivity contribution >= 4 is 29.2 Å². The number of hydrogen-bond donors (Lipinski definition) is 2. The Balaban J connectivity index is 2.11. The van der Waals surface area contributed by atoms with Gasteiger partial charge in [-0.15, -0.1) is 0 Å². The van der Waals surface area contributed by atoms with Crippen LogP contribution in [0.1, 0.15) is 16.8 Å². The fourth-order valence-corrected chi connectivity index (χ4v) is 2.73. The molecule has 20 heavy (non-hydrogen) atoms. The second kappa shape index (κ2) is 6.58. The standard InChI is InChI=1S/C13H13ClN4OS/c1-8-4-5-16-13(17-8)20-7-10-3-2-9(6-11(10)14)12(15)18-19/h2-6,19H,7H2,1H3,(H2,15,18). The van der Waals surface area contributed by atoms with E-state index in [-0.39, 0.29) is 5.84 Å². The zero-order valence-corrected chi connectivity index (χ0v) is 12.3. The lowest BCUT2D eigenvalue weighted by molar-refractivity contribution is 0.318. The number of amidine groups is 1. The third-order valence-electron chi connectivity index (χ3n) is 2.59. The van der Waals surface area contributed by atoms with Gasteiger partial charge in [-0.1, -0.05) is 40.7 Å². The van der Waals surface area contributed by atoms with Crippen LogP contribution in [0, 0.1) is 6.92 Å². The van der Waals surface area contributed by atoms with Crippen molar-refractivity contribution < 1.29 is 5.21 Å². The SMILES string of the molecule is Cc1ccnc(SCc2ccc(/C(N)=N/O)cc2Cl)n1. The molecule has 0 fully saturated rings. The summed E-state index contributed by atoms with van der Waals surface area (Å²) in [6, 6.07) is 7.12. The van der Waals surface area contributed by atoms with Crippen LogP contribution in [-0.2, 0) is 5.75 Å². The number of aromatic nitrogens is 2. The summed E-state index contributed by atoms with van der Waals surface area (Å²) in [5.74, 6) is 0.687. The van der Waals surface area contributed by atoms with E-state index in [1.807, 2.05) is 19.1 Å². The third kappa shape index (κ3) is 3.61. The highest BCUT2D eigenvalue weighted by atomic mass is 35.5.